The average molecular weight is 315 g/mol. The molecule has 0 radical (unpaired) electrons. The molecule has 2 aliphatic rings. The number of hydrogen-bond acceptors (Lipinski definition) is 5. The molecule has 0 amide bonds. The zero-order valence-corrected chi connectivity index (χ0v) is 11.7. The van der Waals surface area contributed by atoms with Crippen molar-refractivity contribution in [3.63, 3.8) is 0 Å². The Bertz CT molecular complexity index is 714. The Morgan fingerprint density at radius 1 is 1.25 bits per heavy atom. The van der Waals surface area contributed by atoms with Gasteiger partial charge in [0.2, 0.25) is 5.28 Å². The molecular formula is C12H9Cl2FN4O. The van der Waals surface area contributed by atoms with Gasteiger partial charge in [-0.3, -0.25) is 0 Å². The number of rotatable bonds is 1. The topological polar surface area (TPSA) is 51.1 Å². The summed E-state index contributed by atoms with van der Waals surface area (Å²) in [7, 11) is 0. The standard InChI is InChI=1S/C12H9Cl2FN4O/c13-9-7(15)8-6(1-16-9)10(18-11(14)17-8)19-2-12(3-19)4-20-5-12/h1H,2-5H2. The van der Waals surface area contributed by atoms with Crippen LogP contribution in [0.25, 0.3) is 10.9 Å². The third-order valence-corrected chi connectivity index (χ3v) is 4.20. The minimum absolute atomic E-state index is 0.000485. The Morgan fingerprint density at radius 3 is 2.65 bits per heavy atom. The molecule has 1 spiro atoms. The van der Waals surface area contributed by atoms with Crippen LogP contribution in [-0.2, 0) is 4.74 Å². The maximum Gasteiger partial charge on any atom is 0.225 e. The highest BCUT2D eigenvalue weighted by atomic mass is 35.5. The van der Waals surface area contributed by atoms with Crippen LogP contribution in [0, 0.1) is 11.2 Å². The second kappa shape index (κ2) is 4.13. The molecule has 4 heterocycles. The van der Waals surface area contributed by atoms with Crippen LogP contribution in [0.4, 0.5) is 10.2 Å². The summed E-state index contributed by atoms with van der Waals surface area (Å²) in [6.07, 6.45) is 1.48. The van der Waals surface area contributed by atoms with E-state index in [1.807, 2.05) is 4.90 Å². The van der Waals surface area contributed by atoms with Crippen LogP contribution in [0.3, 0.4) is 0 Å². The Balaban J connectivity index is 1.81. The molecule has 0 saturated carbocycles. The Kier molecular flexibility index (Phi) is 2.58. The van der Waals surface area contributed by atoms with Crippen molar-refractivity contribution in [1.29, 1.82) is 0 Å². The average Bonchev–Trinajstić information content (AvgIpc) is 2.31. The van der Waals surface area contributed by atoms with Crippen LogP contribution >= 0.6 is 23.2 Å². The fourth-order valence-corrected chi connectivity index (χ4v) is 3.02. The summed E-state index contributed by atoms with van der Waals surface area (Å²) in [6.45, 7) is 3.16. The van der Waals surface area contributed by atoms with E-state index in [4.69, 9.17) is 27.9 Å². The molecule has 2 fully saturated rings. The first-order valence-electron chi connectivity index (χ1n) is 6.08. The van der Waals surface area contributed by atoms with E-state index in [2.05, 4.69) is 15.0 Å². The van der Waals surface area contributed by atoms with E-state index in [1.165, 1.54) is 6.20 Å². The molecule has 0 aliphatic carbocycles. The Hall–Kier alpha value is -1.24. The predicted molar refractivity (Wildman–Crippen MR) is 72.8 cm³/mol. The van der Waals surface area contributed by atoms with Gasteiger partial charge in [-0.05, 0) is 11.6 Å². The highest BCUT2D eigenvalue weighted by Crippen LogP contribution is 2.41. The first-order chi connectivity index (χ1) is 9.58. The molecule has 0 bridgehead atoms. The summed E-state index contributed by atoms with van der Waals surface area (Å²) in [5, 5.41) is 0.302. The monoisotopic (exact) mass is 314 g/mol. The lowest BCUT2D eigenvalue weighted by Crippen LogP contribution is -2.66. The zero-order chi connectivity index (χ0) is 13.9. The predicted octanol–water partition coefficient (Wildman–Crippen LogP) is 2.31. The highest BCUT2D eigenvalue weighted by Gasteiger charge is 2.49. The molecule has 8 heteroatoms. The summed E-state index contributed by atoms with van der Waals surface area (Å²) in [4.78, 5) is 14.0. The first kappa shape index (κ1) is 12.5. The molecular weight excluding hydrogens is 306 g/mol. The van der Waals surface area contributed by atoms with E-state index < -0.39 is 5.82 Å². The molecule has 4 rings (SSSR count). The fraction of sp³-hybridized carbons (Fsp3) is 0.417. The number of hydrogen-bond donors (Lipinski definition) is 0. The second-order valence-corrected chi connectivity index (χ2v) is 5.99. The van der Waals surface area contributed by atoms with Gasteiger partial charge >= 0.3 is 0 Å². The molecule has 5 nitrogen and oxygen atoms in total. The number of halogens is 3. The van der Waals surface area contributed by atoms with Crippen molar-refractivity contribution in [1.82, 2.24) is 15.0 Å². The van der Waals surface area contributed by atoms with E-state index >= 15 is 0 Å². The smallest absolute Gasteiger partial charge is 0.225 e. The van der Waals surface area contributed by atoms with Crippen LogP contribution in [-0.4, -0.2) is 41.3 Å². The van der Waals surface area contributed by atoms with Crippen molar-refractivity contribution in [2.45, 2.75) is 0 Å². The van der Waals surface area contributed by atoms with Gasteiger partial charge in [0, 0.05) is 19.3 Å². The fourth-order valence-electron chi connectivity index (χ4n) is 2.72. The second-order valence-electron chi connectivity index (χ2n) is 5.29. The molecule has 2 aliphatic heterocycles. The SMILES string of the molecule is Fc1c(Cl)ncc2c(N3CC4(COC4)C3)nc(Cl)nc12. The first-order valence-corrected chi connectivity index (χ1v) is 6.84. The van der Waals surface area contributed by atoms with Gasteiger partial charge < -0.3 is 9.64 Å². The van der Waals surface area contributed by atoms with Crippen molar-refractivity contribution in [3.8, 4) is 0 Å². The molecule has 2 saturated heterocycles. The van der Waals surface area contributed by atoms with Crippen LogP contribution in [0.1, 0.15) is 0 Å². The van der Waals surface area contributed by atoms with Gasteiger partial charge in [0.25, 0.3) is 0 Å². The van der Waals surface area contributed by atoms with Crippen molar-refractivity contribution >= 4 is 39.9 Å². The largest absolute Gasteiger partial charge is 0.380 e. The number of pyridine rings is 1. The van der Waals surface area contributed by atoms with E-state index in [0.29, 0.717) is 11.2 Å². The van der Waals surface area contributed by atoms with E-state index in [9.17, 15) is 4.39 Å². The van der Waals surface area contributed by atoms with Crippen LogP contribution in [0.15, 0.2) is 6.20 Å². The van der Waals surface area contributed by atoms with Gasteiger partial charge in [0.05, 0.1) is 24.0 Å². The van der Waals surface area contributed by atoms with Crippen molar-refractivity contribution in [2.75, 3.05) is 31.2 Å². The molecule has 20 heavy (non-hydrogen) atoms. The van der Waals surface area contributed by atoms with E-state index in [1.54, 1.807) is 0 Å². The van der Waals surface area contributed by atoms with Gasteiger partial charge in [0.1, 0.15) is 11.3 Å². The van der Waals surface area contributed by atoms with Gasteiger partial charge in [-0.25, -0.2) is 14.4 Å². The quantitative estimate of drug-likeness (QED) is 0.597. The van der Waals surface area contributed by atoms with Crippen molar-refractivity contribution in [3.05, 3.63) is 22.5 Å². The Morgan fingerprint density at radius 2 is 2.00 bits per heavy atom. The van der Waals surface area contributed by atoms with Gasteiger partial charge in [-0.15, -0.1) is 0 Å². The maximum absolute atomic E-state index is 14.0. The lowest BCUT2D eigenvalue weighted by molar-refractivity contribution is -0.127. The molecule has 2 aromatic heterocycles. The summed E-state index contributed by atoms with van der Waals surface area (Å²) in [5.74, 6) is -0.0717. The summed E-state index contributed by atoms with van der Waals surface area (Å²) in [6, 6.07) is 0. The molecule has 104 valence electrons. The van der Waals surface area contributed by atoms with Gasteiger partial charge in [-0.2, -0.15) is 4.98 Å². The zero-order valence-electron chi connectivity index (χ0n) is 10.2. The lowest BCUT2D eigenvalue weighted by atomic mass is 9.78. The van der Waals surface area contributed by atoms with E-state index in [-0.39, 0.29) is 21.4 Å². The maximum atomic E-state index is 14.0. The summed E-state index contributed by atoms with van der Waals surface area (Å²) in [5.41, 5.74) is 0.327. The number of aromatic nitrogens is 3. The Labute approximate surface area is 123 Å². The molecule has 0 N–H and O–H groups in total. The number of fused-ring (bicyclic) bond motifs is 1. The van der Waals surface area contributed by atoms with Crippen LogP contribution in [0.5, 0.6) is 0 Å². The number of anilines is 1. The van der Waals surface area contributed by atoms with Gasteiger partial charge in [-0.1, -0.05) is 11.6 Å². The van der Waals surface area contributed by atoms with Gasteiger partial charge in [0.15, 0.2) is 11.0 Å². The van der Waals surface area contributed by atoms with E-state index in [0.717, 1.165) is 26.3 Å². The third kappa shape index (κ3) is 1.68. The lowest BCUT2D eigenvalue weighted by Gasteiger charge is -2.55. The van der Waals surface area contributed by atoms with Crippen LogP contribution < -0.4 is 4.90 Å². The van der Waals surface area contributed by atoms with Crippen molar-refractivity contribution in [2.24, 2.45) is 5.41 Å². The van der Waals surface area contributed by atoms with Crippen LogP contribution in [0.2, 0.25) is 10.4 Å². The minimum Gasteiger partial charge on any atom is -0.380 e. The molecule has 0 unspecified atom stereocenters. The molecule has 0 aromatic carbocycles. The number of ether oxygens (including phenoxy) is 1. The molecule has 2 aromatic rings. The van der Waals surface area contributed by atoms with Crippen molar-refractivity contribution < 1.29 is 9.13 Å². The minimum atomic E-state index is -0.670. The third-order valence-electron chi connectivity index (χ3n) is 3.76. The highest BCUT2D eigenvalue weighted by molar-refractivity contribution is 6.30. The summed E-state index contributed by atoms with van der Waals surface area (Å²) < 4.78 is 19.2. The summed E-state index contributed by atoms with van der Waals surface area (Å²) >= 11 is 11.6. The number of nitrogens with zero attached hydrogens (tertiary/aromatic N) is 4. The molecule has 0 atom stereocenters. The normalized spacial score (nSPS) is 20.1.